The fourth-order valence-corrected chi connectivity index (χ4v) is 2.24. The highest BCUT2D eigenvalue weighted by Crippen LogP contribution is 2.27. The molecule has 0 radical (unpaired) electrons. The van der Waals surface area contributed by atoms with E-state index in [-0.39, 0.29) is 13.2 Å². The molecule has 2 rings (SSSR count). The Hall–Kier alpha value is -3.26. The first kappa shape index (κ1) is 20.1. The van der Waals surface area contributed by atoms with Crippen LogP contribution in [0.15, 0.2) is 42.5 Å². The molecule has 2 aromatic carbocycles. The first-order valence-corrected chi connectivity index (χ1v) is 8.09. The summed E-state index contributed by atoms with van der Waals surface area (Å²) in [5.74, 6) is 0.661. The maximum absolute atomic E-state index is 12.1. The highest BCUT2D eigenvalue weighted by atomic mass is 16.5. The number of rotatable bonds is 8. The molecule has 2 aromatic rings. The molecule has 0 aliphatic carbocycles. The first-order chi connectivity index (χ1) is 13.1. The van der Waals surface area contributed by atoms with Crippen molar-refractivity contribution in [2.24, 2.45) is 0 Å². The van der Waals surface area contributed by atoms with Gasteiger partial charge in [0.25, 0.3) is 11.8 Å². The average molecular weight is 374 g/mol. The number of nitrogens with one attached hydrogen (secondary N) is 2. The van der Waals surface area contributed by atoms with Gasteiger partial charge < -0.3 is 18.9 Å². The van der Waals surface area contributed by atoms with Crippen LogP contribution in [0.1, 0.15) is 15.9 Å². The second-order valence-corrected chi connectivity index (χ2v) is 5.42. The third-order valence-electron chi connectivity index (χ3n) is 3.60. The molecular formula is C19H22N2O6. The lowest BCUT2D eigenvalue weighted by atomic mass is 10.2. The predicted molar refractivity (Wildman–Crippen MR) is 97.8 cm³/mol. The Morgan fingerprint density at radius 1 is 0.889 bits per heavy atom. The summed E-state index contributed by atoms with van der Waals surface area (Å²) in [6.07, 6.45) is 0. The molecule has 0 fully saturated rings. The zero-order chi connectivity index (χ0) is 19.6. The number of hydrazine groups is 1. The summed E-state index contributed by atoms with van der Waals surface area (Å²) in [6, 6.07) is 12.0. The summed E-state index contributed by atoms with van der Waals surface area (Å²) in [5.41, 5.74) is 5.80. The van der Waals surface area contributed by atoms with Gasteiger partial charge in [-0.2, -0.15) is 0 Å². The second kappa shape index (κ2) is 10.0. The van der Waals surface area contributed by atoms with E-state index in [1.54, 1.807) is 19.2 Å². The van der Waals surface area contributed by atoms with Gasteiger partial charge in [-0.3, -0.25) is 20.4 Å². The Labute approximate surface area is 157 Å². The fourth-order valence-electron chi connectivity index (χ4n) is 2.24. The van der Waals surface area contributed by atoms with Crippen LogP contribution < -0.4 is 25.1 Å². The molecule has 0 spiro atoms. The Morgan fingerprint density at radius 2 is 1.67 bits per heavy atom. The maximum atomic E-state index is 12.1. The van der Waals surface area contributed by atoms with Gasteiger partial charge in [0.05, 0.1) is 27.9 Å². The topological polar surface area (TPSA) is 95.1 Å². The molecule has 0 atom stereocenters. The molecule has 144 valence electrons. The summed E-state index contributed by atoms with van der Waals surface area (Å²) in [6.45, 7) is 0.0394. The molecule has 0 aromatic heterocycles. The van der Waals surface area contributed by atoms with Crippen LogP contribution in [0.2, 0.25) is 0 Å². The van der Waals surface area contributed by atoms with Crippen LogP contribution in [0.3, 0.4) is 0 Å². The molecule has 0 saturated carbocycles. The molecule has 0 unspecified atom stereocenters. The van der Waals surface area contributed by atoms with E-state index >= 15 is 0 Å². The van der Waals surface area contributed by atoms with Gasteiger partial charge in [0.15, 0.2) is 11.5 Å². The minimum Gasteiger partial charge on any atom is -0.497 e. The summed E-state index contributed by atoms with van der Waals surface area (Å²) >= 11 is 0. The van der Waals surface area contributed by atoms with Gasteiger partial charge in [-0.25, -0.2) is 0 Å². The molecule has 0 bridgehead atoms. The number of carbonyl (C=O) groups is 2. The van der Waals surface area contributed by atoms with Gasteiger partial charge >= 0.3 is 0 Å². The number of amides is 2. The number of methoxy groups -OCH3 is 3. The van der Waals surface area contributed by atoms with Crippen molar-refractivity contribution in [1.29, 1.82) is 0 Å². The summed E-state index contributed by atoms with van der Waals surface area (Å²) < 4.78 is 20.7. The zero-order valence-electron chi connectivity index (χ0n) is 15.4. The van der Waals surface area contributed by atoms with Crippen LogP contribution in [0.5, 0.6) is 17.2 Å². The van der Waals surface area contributed by atoms with Crippen molar-refractivity contribution < 1.29 is 28.5 Å². The van der Waals surface area contributed by atoms with Crippen LogP contribution in [0.4, 0.5) is 0 Å². The molecular weight excluding hydrogens is 352 g/mol. The molecule has 8 heteroatoms. The van der Waals surface area contributed by atoms with Crippen molar-refractivity contribution in [1.82, 2.24) is 10.9 Å². The third kappa shape index (κ3) is 5.89. The largest absolute Gasteiger partial charge is 0.497 e. The second-order valence-electron chi connectivity index (χ2n) is 5.42. The minimum absolute atomic E-state index is 0.205. The van der Waals surface area contributed by atoms with Crippen molar-refractivity contribution >= 4 is 11.8 Å². The van der Waals surface area contributed by atoms with Crippen molar-refractivity contribution in [3.63, 3.8) is 0 Å². The summed E-state index contributed by atoms with van der Waals surface area (Å²) in [4.78, 5) is 23.9. The van der Waals surface area contributed by atoms with Crippen molar-refractivity contribution in [2.45, 2.75) is 6.61 Å². The third-order valence-corrected chi connectivity index (χ3v) is 3.60. The molecule has 0 saturated heterocycles. The van der Waals surface area contributed by atoms with Crippen LogP contribution in [-0.2, 0) is 16.1 Å². The lowest BCUT2D eigenvalue weighted by molar-refractivity contribution is -0.126. The van der Waals surface area contributed by atoms with E-state index in [1.807, 2.05) is 24.3 Å². The van der Waals surface area contributed by atoms with E-state index in [4.69, 9.17) is 18.9 Å². The van der Waals surface area contributed by atoms with E-state index in [0.717, 1.165) is 5.56 Å². The highest BCUT2D eigenvalue weighted by Gasteiger charge is 2.11. The van der Waals surface area contributed by atoms with E-state index in [0.29, 0.717) is 22.8 Å². The number of ether oxygens (including phenoxy) is 4. The monoisotopic (exact) mass is 374 g/mol. The zero-order valence-corrected chi connectivity index (χ0v) is 15.4. The average Bonchev–Trinajstić information content (AvgIpc) is 2.71. The van der Waals surface area contributed by atoms with Gasteiger partial charge in [0.2, 0.25) is 0 Å². The molecule has 27 heavy (non-hydrogen) atoms. The summed E-state index contributed by atoms with van der Waals surface area (Å²) in [5, 5.41) is 0. The molecule has 0 heterocycles. The molecule has 8 nitrogen and oxygen atoms in total. The lowest BCUT2D eigenvalue weighted by Crippen LogP contribution is -2.43. The van der Waals surface area contributed by atoms with E-state index in [9.17, 15) is 9.59 Å². The standard InChI is InChI=1S/C19H22N2O6/c1-24-15-6-4-5-13(9-15)11-27-12-18(22)20-21-19(23)14-7-8-16(25-2)17(10-14)26-3/h4-10H,11-12H2,1-3H3,(H,20,22)(H,21,23). The number of hydrogen-bond donors (Lipinski definition) is 2. The molecule has 0 aliphatic rings. The van der Waals surface area contributed by atoms with E-state index < -0.39 is 11.8 Å². The lowest BCUT2D eigenvalue weighted by Gasteiger charge is -2.11. The van der Waals surface area contributed by atoms with Gasteiger partial charge in [0.1, 0.15) is 12.4 Å². The van der Waals surface area contributed by atoms with Crippen LogP contribution in [0, 0.1) is 0 Å². The number of hydrogen-bond acceptors (Lipinski definition) is 6. The molecule has 2 amide bonds. The SMILES string of the molecule is COc1cccc(COCC(=O)NNC(=O)c2ccc(OC)c(OC)c2)c1. The number of benzene rings is 2. The minimum atomic E-state index is -0.489. The Morgan fingerprint density at radius 3 is 2.37 bits per heavy atom. The van der Waals surface area contributed by atoms with E-state index in [1.165, 1.54) is 20.3 Å². The van der Waals surface area contributed by atoms with Crippen molar-refractivity contribution in [3.8, 4) is 17.2 Å². The number of carbonyl (C=O) groups excluding carboxylic acids is 2. The Bertz CT molecular complexity index is 794. The van der Waals surface area contributed by atoms with Gasteiger partial charge in [-0.15, -0.1) is 0 Å². The first-order valence-electron chi connectivity index (χ1n) is 8.09. The molecule has 0 aliphatic heterocycles. The van der Waals surface area contributed by atoms with Crippen LogP contribution in [-0.4, -0.2) is 39.8 Å². The smallest absolute Gasteiger partial charge is 0.269 e. The van der Waals surface area contributed by atoms with Crippen LogP contribution >= 0.6 is 0 Å². The van der Waals surface area contributed by atoms with Gasteiger partial charge in [-0.1, -0.05) is 12.1 Å². The molecule has 2 N–H and O–H groups in total. The Balaban J connectivity index is 1.78. The quantitative estimate of drug-likeness (QED) is 0.683. The normalized spacial score (nSPS) is 10.0. The van der Waals surface area contributed by atoms with Crippen LogP contribution in [0.25, 0.3) is 0 Å². The van der Waals surface area contributed by atoms with Gasteiger partial charge in [0, 0.05) is 5.56 Å². The summed E-state index contributed by atoms with van der Waals surface area (Å²) in [7, 11) is 4.55. The van der Waals surface area contributed by atoms with Gasteiger partial charge in [-0.05, 0) is 35.9 Å². The maximum Gasteiger partial charge on any atom is 0.269 e. The fraction of sp³-hybridized carbons (Fsp3) is 0.263. The Kier molecular flexibility index (Phi) is 7.45. The van der Waals surface area contributed by atoms with Crippen molar-refractivity contribution in [2.75, 3.05) is 27.9 Å². The highest BCUT2D eigenvalue weighted by molar-refractivity contribution is 5.96. The van der Waals surface area contributed by atoms with E-state index in [2.05, 4.69) is 10.9 Å². The predicted octanol–water partition coefficient (Wildman–Crippen LogP) is 1.69. The van der Waals surface area contributed by atoms with Crippen molar-refractivity contribution in [3.05, 3.63) is 53.6 Å².